The maximum absolute atomic E-state index is 13.5. The number of benzene rings is 2. The van der Waals surface area contributed by atoms with E-state index in [1.54, 1.807) is 0 Å². The molecule has 24 heavy (non-hydrogen) atoms. The summed E-state index contributed by atoms with van der Waals surface area (Å²) in [5.74, 6) is -2.60. The smallest absolute Gasteiger partial charge is 0.258 e. The first-order valence-electron chi connectivity index (χ1n) is 6.88. The molecule has 0 bridgehead atoms. The molecule has 0 radical (unpaired) electrons. The first-order chi connectivity index (χ1) is 11.5. The quantitative estimate of drug-likeness (QED) is 0.795. The molecule has 2 aromatic carbocycles. The summed E-state index contributed by atoms with van der Waals surface area (Å²) in [6, 6.07) is 8.79. The van der Waals surface area contributed by atoms with E-state index in [-0.39, 0.29) is 11.4 Å². The van der Waals surface area contributed by atoms with Crippen LogP contribution in [0.4, 0.5) is 18.9 Å². The van der Waals surface area contributed by atoms with Gasteiger partial charge in [0, 0.05) is 18.0 Å². The highest BCUT2D eigenvalue weighted by Gasteiger charge is 2.14. The molecule has 0 saturated heterocycles. The predicted molar refractivity (Wildman–Crippen MR) is 81.7 cm³/mol. The fourth-order valence-electron chi connectivity index (χ4n) is 2.00. The molecule has 0 aliphatic heterocycles. The Morgan fingerprint density at radius 3 is 2.04 bits per heavy atom. The topological polar surface area (TPSA) is 54.9 Å². The number of hydrogen-bond acceptors (Lipinski definition) is 3. The van der Waals surface area contributed by atoms with Crippen molar-refractivity contribution in [3.63, 3.8) is 0 Å². The Kier molecular flexibility index (Phi) is 4.24. The molecule has 1 amide bonds. The summed E-state index contributed by atoms with van der Waals surface area (Å²) in [6.45, 7) is 0. The van der Waals surface area contributed by atoms with Crippen LogP contribution in [0.25, 0.3) is 11.4 Å². The maximum Gasteiger partial charge on any atom is 0.258 e. The average Bonchev–Trinajstić information content (AvgIpc) is 2.59. The van der Waals surface area contributed by atoms with Gasteiger partial charge in [-0.05, 0) is 36.4 Å². The number of carbonyl (C=O) groups excluding carboxylic acids is 1. The number of para-hydroxylation sites is 1. The van der Waals surface area contributed by atoms with Gasteiger partial charge in [0.15, 0.2) is 5.82 Å². The Bertz CT molecular complexity index is 860. The number of anilines is 1. The summed E-state index contributed by atoms with van der Waals surface area (Å²) >= 11 is 0. The molecule has 0 atom stereocenters. The zero-order chi connectivity index (χ0) is 17.1. The molecule has 4 nitrogen and oxygen atoms in total. The van der Waals surface area contributed by atoms with Crippen molar-refractivity contribution in [2.45, 2.75) is 0 Å². The Balaban J connectivity index is 1.80. The van der Waals surface area contributed by atoms with E-state index in [2.05, 4.69) is 15.3 Å². The lowest BCUT2D eigenvalue weighted by Crippen LogP contribution is -2.15. The molecule has 7 heteroatoms. The van der Waals surface area contributed by atoms with Gasteiger partial charge >= 0.3 is 0 Å². The Morgan fingerprint density at radius 1 is 0.875 bits per heavy atom. The lowest BCUT2D eigenvalue weighted by Gasteiger charge is -2.07. The van der Waals surface area contributed by atoms with E-state index >= 15 is 0 Å². The summed E-state index contributed by atoms with van der Waals surface area (Å²) in [7, 11) is 0. The van der Waals surface area contributed by atoms with Gasteiger partial charge < -0.3 is 5.32 Å². The van der Waals surface area contributed by atoms with Gasteiger partial charge in [0.25, 0.3) is 5.91 Å². The minimum Gasteiger partial charge on any atom is -0.317 e. The second-order valence-electron chi connectivity index (χ2n) is 4.85. The van der Waals surface area contributed by atoms with Gasteiger partial charge in [-0.2, -0.15) is 0 Å². The van der Waals surface area contributed by atoms with Crippen LogP contribution in [0.5, 0.6) is 0 Å². The van der Waals surface area contributed by atoms with Crippen LogP contribution < -0.4 is 5.32 Å². The predicted octanol–water partition coefficient (Wildman–Crippen LogP) is 3.81. The van der Waals surface area contributed by atoms with Crippen LogP contribution in [0.2, 0.25) is 0 Å². The summed E-state index contributed by atoms with van der Waals surface area (Å²) < 4.78 is 39.9. The molecule has 3 aromatic rings. The standard InChI is InChI=1S/C17H10F3N3O/c18-12-6-4-10(5-7-12)16-21-8-11(9-22-16)17(24)23-15-13(19)2-1-3-14(15)20/h1-9H,(H,23,24). The van der Waals surface area contributed by atoms with E-state index in [4.69, 9.17) is 0 Å². The van der Waals surface area contributed by atoms with Gasteiger partial charge in [0.1, 0.15) is 23.1 Å². The van der Waals surface area contributed by atoms with Crippen molar-refractivity contribution in [3.8, 4) is 11.4 Å². The number of aromatic nitrogens is 2. The van der Waals surface area contributed by atoms with E-state index in [1.165, 1.54) is 42.7 Å². The highest BCUT2D eigenvalue weighted by molar-refractivity contribution is 6.04. The highest BCUT2D eigenvalue weighted by atomic mass is 19.1. The Labute approximate surface area is 135 Å². The highest BCUT2D eigenvalue weighted by Crippen LogP contribution is 2.19. The van der Waals surface area contributed by atoms with Crippen LogP contribution in [0.3, 0.4) is 0 Å². The van der Waals surface area contributed by atoms with E-state index in [1.807, 2.05) is 0 Å². The van der Waals surface area contributed by atoms with Crippen LogP contribution in [-0.2, 0) is 0 Å². The van der Waals surface area contributed by atoms with E-state index in [0.29, 0.717) is 11.4 Å². The van der Waals surface area contributed by atoms with E-state index < -0.39 is 23.2 Å². The van der Waals surface area contributed by atoms with Crippen molar-refractivity contribution in [1.29, 1.82) is 0 Å². The zero-order valence-corrected chi connectivity index (χ0v) is 12.1. The first-order valence-corrected chi connectivity index (χ1v) is 6.88. The molecular formula is C17H10F3N3O. The number of nitrogens with zero attached hydrogens (tertiary/aromatic N) is 2. The molecule has 0 aliphatic rings. The van der Waals surface area contributed by atoms with Gasteiger partial charge in [0.05, 0.1) is 5.56 Å². The van der Waals surface area contributed by atoms with Crippen molar-refractivity contribution in [2.75, 3.05) is 5.32 Å². The van der Waals surface area contributed by atoms with Crippen molar-refractivity contribution in [1.82, 2.24) is 9.97 Å². The SMILES string of the molecule is O=C(Nc1c(F)cccc1F)c1cnc(-c2ccc(F)cc2)nc1. The molecule has 1 heterocycles. The number of hydrogen-bond donors (Lipinski definition) is 1. The van der Waals surface area contributed by atoms with Gasteiger partial charge in [-0.15, -0.1) is 0 Å². The molecular weight excluding hydrogens is 319 g/mol. The minimum atomic E-state index is -0.882. The number of amides is 1. The molecule has 0 unspecified atom stereocenters. The van der Waals surface area contributed by atoms with Crippen molar-refractivity contribution >= 4 is 11.6 Å². The molecule has 1 N–H and O–H groups in total. The minimum absolute atomic E-state index is 0.0310. The number of halogens is 3. The van der Waals surface area contributed by atoms with Gasteiger partial charge in [-0.3, -0.25) is 4.79 Å². The zero-order valence-electron chi connectivity index (χ0n) is 12.1. The third-order valence-electron chi connectivity index (χ3n) is 3.22. The average molecular weight is 329 g/mol. The lowest BCUT2D eigenvalue weighted by atomic mass is 10.2. The van der Waals surface area contributed by atoms with Crippen LogP contribution in [0.15, 0.2) is 54.9 Å². The lowest BCUT2D eigenvalue weighted by molar-refractivity contribution is 0.102. The Morgan fingerprint density at radius 2 is 1.46 bits per heavy atom. The van der Waals surface area contributed by atoms with Crippen molar-refractivity contribution < 1.29 is 18.0 Å². The van der Waals surface area contributed by atoms with Gasteiger partial charge in [-0.1, -0.05) is 6.07 Å². The van der Waals surface area contributed by atoms with E-state index in [9.17, 15) is 18.0 Å². The van der Waals surface area contributed by atoms with Crippen LogP contribution in [0.1, 0.15) is 10.4 Å². The molecule has 120 valence electrons. The number of carbonyl (C=O) groups is 1. The maximum atomic E-state index is 13.5. The van der Waals surface area contributed by atoms with E-state index in [0.717, 1.165) is 12.1 Å². The monoisotopic (exact) mass is 329 g/mol. The molecule has 1 aromatic heterocycles. The van der Waals surface area contributed by atoms with Gasteiger partial charge in [-0.25, -0.2) is 23.1 Å². The molecule has 0 saturated carbocycles. The van der Waals surface area contributed by atoms with Crippen LogP contribution in [-0.4, -0.2) is 15.9 Å². The van der Waals surface area contributed by atoms with Crippen molar-refractivity contribution in [2.24, 2.45) is 0 Å². The molecule has 0 spiro atoms. The summed E-state index contributed by atoms with van der Waals surface area (Å²) in [4.78, 5) is 20.0. The van der Waals surface area contributed by atoms with Crippen LogP contribution in [0, 0.1) is 17.5 Å². The fourth-order valence-corrected chi connectivity index (χ4v) is 2.00. The molecule has 0 fully saturated rings. The Hall–Kier alpha value is -3.22. The second kappa shape index (κ2) is 6.49. The summed E-state index contributed by atoms with van der Waals surface area (Å²) in [5, 5.41) is 2.14. The largest absolute Gasteiger partial charge is 0.317 e. The third-order valence-corrected chi connectivity index (χ3v) is 3.22. The van der Waals surface area contributed by atoms with Crippen molar-refractivity contribution in [3.05, 3.63) is 77.9 Å². The molecule has 0 aliphatic carbocycles. The first kappa shape index (κ1) is 15.7. The molecule has 3 rings (SSSR count). The van der Waals surface area contributed by atoms with Gasteiger partial charge in [0.2, 0.25) is 0 Å². The summed E-state index contributed by atoms with van der Waals surface area (Å²) in [6.07, 6.45) is 2.44. The number of rotatable bonds is 3. The summed E-state index contributed by atoms with van der Waals surface area (Å²) in [5.41, 5.74) is 0.0668. The van der Waals surface area contributed by atoms with Crippen LogP contribution >= 0.6 is 0 Å². The fraction of sp³-hybridized carbons (Fsp3) is 0. The second-order valence-corrected chi connectivity index (χ2v) is 4.85. The number of nitrogens with one attached hydrogen (secondary N) is 1. The third kappa shape index (κ3) is 3.24. The normalized spacial score (nSPS) is 10.5.